The van der Waals surface area contributed by atoms with Gasteiger partial charge in [0.2, 0.25) is 15.9 Å². The normalized spacial score (nSPS) is 28.1. The zero-order chi connectivity index (χ0) is 17.8. The van der Waals surface area contributed by atoms with E-state index >= 15 is 0 Å². The molecule has 3 fully saturated rings. The Balaban J connectivity index is 1.74. The number of carbonyl (C=O) groups is 1. The lowest BCUT2D eigenvalue weighted by Gasteiger charge is -2.44. The third-order valence-corrected chi connectivity index (χ3v) is 7.72. The van der Waals surface area contributed by atoms with Crippen molar-refractivity contribution in [3.8, 4) is 0 Å². The molecule has 2 heterocycles. The van der Waals surface area contributed by atoms with Crippen molar-refractivity contribution in [3.05, 3.63) is 29.6 Å². The number of carbonyl (C=O) groups excluding carboxylic acids is 1. The van der Waals surface area contributed by atoms with Gasteiger partial charge in [0.15, 0.2) is 0 Å². The van der Waals surface area contributed by atoms with Gasteiger partial charge in [0.1, 0.15) is 16.3 Å². The Bertz CT molecular complexity index is 822. The molecule has 2 saturated heterocycles. The number of nitrogens with zero attached hydrogens (tertiary/aromatic N) is 2. The van der Waals surface area contributed by atoms with E-state index in [0.717, 1.165) is 19.3 Å². The molecule has 1 aromatic carbocycles. The third kappa shape index (κ3) is 2.59. The molecule has 4 rings (SSSR count). The number of sulfonamides is 1. The number of rotatable bonds is 3. The molecule has 3 aliphatic rings. The molecule has 2 aliphatic heterocycles. The van der Waals surface area contributed by atoms with E-state index < -0.39 is 21.4 Å². The van der Waals surface area contributed by atoms with Crippen molar-refractivity contribution in [2.75, 3.05) is 13.1 Å². The minimum absolute atomic E-state index is 0.0742. The molecule has 1 aromatic rings. The molecule has 136 valence electrons. The van der Waals surface area contributed by atoms with Gasteiger partial charge in [-0.25, -0.2) is 12.8 Å². The smallest absolute Gasteiger partial charge is 0.246 e. The Morgan fingerprint density at radius 3 is 2.48 bits per heavy atom. The number of hydrogen-bond donors (Lipinski definition) is 0. The summed E-state index contributed by atoms with van der Waals surface area (Å²) in [5, 5.41) is 0. The summed E-state index contributed by atoms with van der Waals surface area (Å²) >= 11 is 0. The minimum atomic E-state index is -4.04. The van der Waals surface area contributed by atoms with Crippen molar-refractivity contribution in [2.24, 2.45) is 0 Å². The van der Waals surface area contributed by atoms with Crippen molar-refractivity contribution in [1.29, 1.82) is 0 Å². The molecule has 1 aliphatic carbocycles. The van der Waals surface area contributed by atoms with Crippen LogP contribution in [0.25, 0.3) is 0 Å². The van der Waals surface area contributed by atoms with Crippen LogP contribution in [0.15, 0.2) is 23.1 Å². The fourth-order valence-electron chi connectivity index (χ4n) is 4.35. The zero-order valence-electron chi connectivity index (χ0n) is 14.4. The molecule has 1 atom stereocenters. The summed E-state index contributed by atoms with van der Waals surface area (Å²) in [5.74, 6) is -0.820. The highest BCUT2D eigenvalue weighted by Crippen LogP contribution is 2.44. The van der Waals surface area contributed by atoms with Gasteiger partial charge in [-0.3, -0.25) is 4.79 Å². The quantitative estimate of drug-likeness (QED) is 0.826. The molecular weight excluding hydrogens is 343 g/mol. The van der Waals surface area contributed by atoms with Gasteiger partial charge in [0.05, 0.1) is 0 Å². The second kappa shape index (κ2) is 5.77. The van der Waals surface area contributed by atoms with Gasteiger partial charge >= 0.3 is 0 Å². The molecule has 1 spiro atoms. The van der Waals surface area contributed by atoms with E-state index in [-0.39, 0.29) is 23.4 Å². The Labute approximate surface area is 147 Å². The first-order valence-corrected chi connectivity index (χ1v) is 10.4. The van der Waals surface area contributed by atoms with Crippen LogP contribution in [0.1, 0.15) is 44.1 Å². The molecule has 1 saturated carbocycles. The topological polar surface area (TPSA) is 57.7 Å². The fourth-order valence-corrected chi connectivity index (χ4v) is 6.23. The lowest BCUT2D eigenvalue weighted by atomic mass is 9.86. The Kier molecular flexibility index (Phi) is 3.92. The maximum atomic E-state index is 14.4. The van der Waals surface area contributed by atoms with Gasteiger partial charge in [-0.2, -0.15) is 4.31 Å². The highest BCUT2D eigenvalue weighted by molar-refractivity contribution is 7.89. The van der Waals surface area contributed by atoms with Crippen LogP contribution in [0.2, 0.25) is 0 Å². The molecule has 0 radical (unpaired) electrons. The summed E-state index contributed by atoms with van der Waals surface area (Å²) in [5.41, 5.74) is -0.349. The van der Waals surface area contributed by atoms with E-state index in [1.54, 1.807) is 13.0 Å². The summed E-state index contributed by atoms with van der Waals surface area (Å²) in [7, 11) is -4.04. The predicted molar refractivity (Wildman–Crippen MR) is 91.0 cm³/mol. The summed E-state index contributed by atoms with van der Waals surface area (Å²) in [6, 6.07) is 4.41. The first kappa shape index (κ1) is 17.0. The van der Waals surface area contributed by atoms with E-state index in [2.05, 4.69) is 0 Å². The van der Waals surface area contributed by atoms with E-state index in [1.165, 1.54) is 16.4 Å². The third-order valence-electron chi connectivity index (χ3n) is 5.72. The highest BCUT2D eigenvalue weighted by atomic mass is 32.2. The number of amides is 1. The van der Waals surface area contributed by atoms with E-state index in [1.807, 2.05) is 4.90 Å². The molecule has 0 bridgehead atoms. The fraction of sp³-hybridized carbons (Fsp3) is 0.611. The number of halogens is 1. The average Bonchev–Trinajstić information content (AvgIpc) is 3.30. The van der Waals surface area contributed by atoms with E-state index in [0.29, 0.717) is 31.4 Å². The van der Waals surface area contributed by atoms with Crippen molar-refractivity contribution in [1.82, 2.24) is 9.21 Å². The average molecular weight is 366 g/mol. The number of piperidine rings is 1. The minimum Gasteiger partial charge on any atom is -0.338 e. The van der Waals surface area contributed by atoms with Gasteiger partial charge in [-0.05, 0) is 63.1 Å². The second-order valence-electron chi connectivity index (χ2n) is 7.48. The van der Waals surface area contributed by atoms with Crippen LogP contribution in [0.4, 0.5) is 4.39 Å². The van der Waals surface area contributed by atoms with Crippen molar-refractivity contribution in [3.63, 3.8) is 0 Å². The van der Waals surface area contributed by atoms with Crippen molar-refractivity contribution < 1.29 is 17.6 Å². The predicted octanol–water partition coefficient (Wildman–Crippen LogP) is 2.44. The monoisotopic (exact) mass is 366 g/mol. The molecule has 25 heavy (non-hydrogen) atoms. The first-order chi connectivity index (χ1) is 11.9. The van der Waals surface area contributed by atoms with Crippen LogP contribution < -0.4 is 0 Å². The number of hydrogen-bond acceptors (Lipinski definition) is 3. The standard InChI is InChI=1S/C18H23FN2O3S/c1-13-4-7-16(15(19)12-13)25(23,24)21-11-3-9-18(21)8-2-10-20(17(18)22)14-5-6-14/h4,7,12,14H,2-3,5-6,8-11H2,1H3. The van der Waals surface area contributed by atoms with Gasteiger partial charge in [0.25, 0.3) is 0 Å². The van der Waals surface area contributed by atoms with Crippen molar-refractivity contribution >= 4 is 15.9 Å². The molecule has 1 unspecified atom stereocenters. The van der Waals surface area contributed by atoms with Crippen LogP contribution in [0.3, 0.4) is 0 Å². The van der Waals surface area contributed by atoms with Gasteiger partial charge in [-0.1, -0.05) is 6.07 Å². The summed E-state index contributed by atoms with van der Waals surface area (Å²) in [4.78, 5) is 14.7. The molecule has 5 nitrogen and oxygen atoms in total. The molecule has 7 heteroatoms. The van der Waals surface area contributed by atoms with Crippen molar-refractivity contribution in [2.45, 2.75) is 61.9 Å². The van der Waals surface area contributed by atoms with Crippen LogP contribution >= 0.6 is 0 Å². The lowest BCUT2D eigenvalue weighted by molar-refractivity contribution is -0.145. The first-order valence-electron chi connectivity index (χ1n) is 8.96. The Hall–Kier alpha value is -1.47. The van der Waals surface area contributed by atoms with Crippen LogP contribution in [0.5, 0.6) is 0 Å². The lowest BCUT2D eigenvalue weighted by Crippen LogP contribution is -2.61. The van der Waals surface area contributed by atoms with Gasteiger partial charge < -0.3 is 4.90 Å². The molecular formula is C18H23FN2O3S. The maximum absolute atomic E-state index is 14.4. The number of benzene rings is 1. The molecule has 1 amide bonds. The highest BCUT2D eigenvalue weighted by Gasteiger charge is 2.57. The maximum Gasteiger partial charge on any atom is 0.246 e. The van der Waals surface area contributed by atoms with Crippen LogP contribution in [0, 0.1) is 12.7 Å². The molecule has 0 N–H and O–H groups in total. The zero-order valence-corrected chi connectivity index (χ0v) is 15.2. The van der Waals surface area contributed by atoms with Crippen LogP contribution in [-0.2, 0) is 14.8 Å². The Morgan fingerprint density at radius 1 is 1.16 bits per heavy atom. The Morgan fingerprint density at radius 2 is 1.84 bits per heavy atom. The van der Waals surface area contributed by atoms with Crippen LogP contribution in [-0.4, -0.2) is 48.2 Å². The SMILES string of the molecule is Cc1ccc(S(=O)(=O)N2CCCC23CCCN(C2CC2)C3=O)c(F)c1. The molecule has 0 aromatic heterocycles. The number of likely N-dealkylation sites (tertiary alicyclic amines) is 1. The second-order valence-corrected chi connectivity index (χ2v) is 9.31. The summed E-state index contributed by atoms with van der Waals surface area (Å²) in [6.07, 6.45) is 4.49. The van der Waals surface area contributed by atoms with Gasteiger partial charge in [-0.15, -0.1) is 0 Å². The van der Waals surface area contributed by atoms with Gasteiger partial charge in [0, 0.05) is 19.1 Å². The van der Waals surface area contributed by atoms with E-state index in [4.69, 9.17) is 0 Å². The van der Waals surface area contributed by atoms with E-state index in [9.17, 15) is 17.6 Å². The summed E-state index contributed by atoms with van der Waals surface area (Å²) < 4.78 is 42.0. The summed E-state index contributed by atoms with van der Waals surface area (Å²) in [6.45, 7) is 2.70. The number of aryl methyl sites for hydroxylation is 1. The largest absolute Gasteiger partial charge is 0.338 e.